The molecule has 21 heavy (non-hydrogen) atoms. The first kappa shape index (κ1) is 18.4. The van der Waals surface area contributed by atoms with Gasteiger partial charge in [0.1, 0.15) is 0 Å². The van der Waals surface area contributed by atoms with Gasteiger partial charge < -0.3 is 10.2 Å². The van der Waals surface area contributed by atoms with Crippen LogP contribution in [0.4, 0.5) is 5.69 Å². The molecule has 0 amide bonds. The fourth-order valence-corrected chi connectivity index (χ4v) is 3.30. The van der Waals surface area contributed by atoms with Crippen LogP contribution in [0.5, 0.6) is 0 Å². The highest BCUT2D eigenvalue weighted by Crippen LogP contribution is 2.25. The van der Waals surface area contributed by atoms with Gasteiger partial charge in [0.05, 0.1) is 0 Å². The average Bonchev–Trinajstić information content (AvgIpc) is 2.41. The first-order valence-corrected chi connectivity index (χ1v) is 9.24. The van der Waals surface area contributed by atoms with Crippen LogP contribution >= 0.6 is 11.8 Å². The normalized spacial score (nSPS) is 13.3. The Hall–Kier alpha value is -0.670. The van der Waals surface area contributed by atoms with Crippen LogP contribution in [0.15, 0.2) is 18.2 Å². The Morgan fingerprint density at radius 1 is 1.29 bits per heavy atom. The number of hydrogen-bond acceptors (Lipinski definition) is 3. The molecule has 0 heterocycles. The number of aryl methyl sites for hydroxylation is 1. The number of hydrogen-bond donors (Lipinski definition) is 1. The summed E-state index contributed by atoms with van der Waals surface area (Å²) in [6.45, 7) is 12.0. The third kappa shape index (κ3) is 5.91. The molecule has 0 fully saturated rings. The van der Waals surface area contributed by atoms with E-state index in [0.29, 0.717) is 6.04 Å². The van der Waals surface area contributed by atoms with E-state index in [9.17, 15) is 0 Å². The van der Waals surface area contributed by atoms with Crippen molar-refractivity contribution in [2.45, 2.75) is 59.2 Å². The van der Waals surface area contributed by atoms with Crippen molar-refractivity contribution >= 4 is 17.4 Å². The van der Waals surface area contributed by atoms with Crippen LogP contribution < -0.4 is 10.2 Å². The van der Waals surface area contributed by atoms with E-state index in [4.69, 9.17) is 0 Å². The number of rotatable bonds is 7. The summed E-state index contributed by atoms with van der Waals surface area (Å²) in [5.41, 5.74) is 4.23. The van der Waals surface area contributed by atoms with Gasteiger partial charge in [0.2, 0.25) is 0 Å². The third-order valence-corrected chi connectivity index (χ3v) is 4.52. The Balaban J connectivity index is 2.99. The van der Waals surface area contributed by atoms with E-state index in [-0.39, 0.29) is 5.54 Å². The molecule has 120 valence electrons. The molecule has 0 aliphatic heterocycles. The Labute approximate surface area is 135 Å². The molecule has 0 aromatic heterocycles. The smallest absolute Gasteiger partial charge is 0.0412 e. The van der Waals surface area contributed by atoms with Gasteiger partial charge in [-0.25, -0.2) is 0 Å². The standard InChI is InChI=1S/C18H32N2S/c1-8-16(13-21-7)20(6)17-10-9-14(2)11-15(17)12-19-18(3,4)5/h9-11,16,19H,8,12-13H2,1-7H3. The second kappa shape index (κ2) is 8.09. The van der Waals surface area contributed by atoms with Crippen LogP contribution in [0.1, 0.15) is 45.2 Å². The molecule has 0 saturated carbocycles. The van der Waals surface area contributed by atoms with Gasteiger partial charge >= 0.3 is 0 Å². The first-order valence-electron chi connectivity index (χ1n) is 7.84. The van der Waals surface area contributed by atoms with E-state index in [1.54, 1.807) is 0 Å². The van der Waals surface area contributed by atoms with Gasteiger partial charge in [0, 0.05) is 36.6 Å². The summed E-state index contributed by atoms with van der Waals surface area (Å²) >= 11 is 1.93. The third-order valence-electron chi connectivity index (χ3n) is 3.80. The van der Waals surface area contributed by atoms with Crippen molar-refractivity contribution in [3.8, 4) is 0 Å². The molecule has 3 heteroatoms. The molecule has 0 radical (unpaired) electrons. The largest absolute Gasteiger partial charge is 0.371 e. The summed E-state index contributed by atoms with van der Waals surface area (Å²) in [6, 6.07) is 7.41. The van der Waals surface area contributed by atoms with E-state index in [1.165, 1.54) is 29.0 Å². The predicted molar refractivity (Wildman–Crippen MR) is 98.6 cm³/mol. The zero-order valence-corrected chi connectivity index (χ0v) is 15.6. The first-order chi connectivity index (χ1) is 9.78. The molecule has 2 nitrogen and oxygen atoms in total. The molecule has 0 bridgehead atoms. The molecule has 0 saturated heterocycles. The van der Waals surface area contributed by atoms with Gasteiger partial charge in [0.25, 0.3) is 0 Å². The maximum absolute atomic E-state index is 3.62. The molecule has 0 aliphatic carbocycles. The summed E-state index contributed by atoms with van der Waals surface area (Å²) in [7, 11) is 2.23. The maximum atomic E-state index is 3.62. The molecule has 1 unspecified atom stereocenters. The van der Waals surface area contributed by atoms with Crippen molar-refractivity contribution in [3.05, 3.63) is 29.3 Å². The maximum Gasteiger partial charge on any atom is 0.0412 e. The highest BCUT2D eigenvalue weighted by atomic mass is 32.2. The number of thioether (sulfide) groups is 1. The molecule has 1 rings (SSSR count). The molecule has 1 atom stereocenters. The minimum absolute atomic E-state index is 0.142. The lowest BCUT2D eigenvalue weighted by Crippen LogP contribution is -2.37. The van der Waals surface area contributed by atoms with Crippen LogP contribution in [0.3, 0.4) is 0 Å². The van der Waals surface area contributed by atoms with Gasteiger partial charge in [-0.15, -0.1) is 0 Å². The Kier molecular flexibility index (Phi) is 7.08. The van der Waals surface area contributed by atoms with E-state index in [2.05, 4.69) is 76.3 Å². The lowest BCUT2D eigenvalue weighted by atomic mass is 10.0. The Morgan fingerprint density at radius 3 is 2.48 bits per heavy atom. The van der Waals surface area contributed by atoms with E-state index >= 15 is 0 Å². The lowest BCUT2D eigenvalue weighted by molar-refractivity contribution is 0.424. The van der Waals surface area contributed by atoms with Crippen molar-refractivity contribution in [2.24, 2.45) is 0 Å². The quantitative estimate of drug-likeness (QED) is 0.800. The predicted octanol–water partition coefficient (Wildman–Crippen LogP) is 4.46. The van der Waals surface area contributed by atoms with E-state index in [0.717, 1.165) is 6.54 Å². The highest BCUT2D eigenvalue weighted by Gasteiger charge is 2.17. The SMILES string of the molecule is CCC(CSC)N(C)c1ccc(C)cc1CNC(C)(C)C. The van der Waals surface area contributed by atoms with Gasteiger partial charge in [-0.3, -0.25) is 0 Å². The van der Waals surface area contributed by atoms with Crippen molar-refractivity contribution in [3.63, 3.8) is 0 Å². The van der Waals surface area contributed by atoms with Crippen LogP contribution in [0, 0.1) is 6.92 Å². The zero-order valence-electron chi connectivity index (χ0n) is 14.8. The van der Waals surface area contributed by atoms with Crippen molar-refractivity contribution in [1.82, 2.24) is 5.32 Å². The summed E-state index contributed by atoms with van der Waals surface area (Å²) in [6.07, 6.45) is 3.37. The number of nitrogens with one attached hydrogen (secondary N) is 1. The Bertz CT molecular complexity index is 437. The minimum atomic E-state index is 0.142. The van der Waals surface area contributed by atoms with Crippen molar-refractivity contribution in [1.29, 1.82) is 0 Å². The van der Waals surface area contributed by atoms with E-state index in [1.807, 2.05) is 11.8 Å². The second-order valence-electron chi connectivity index (χ2n) is 6.86. The molecule has 0 spiro atoms. The summed E-state index contributed by atoms with van der Waals surface area (Å²) in [5.74, 6) is 1.17. The number of benzene rings is 1. The number of anilines is 1. The fourth-order valence-electron chi connectivity index (χ4n) is 2.45. The molecule has 1 N–H and O–H groups in total. The van der Waals surface area contributed by atoms with Crippen LogP contribution in [0.25, 0.3) is 0 Å². The van der Waals surface area contributed by atoms with Gasteiger partial charge in [-0.2, -0.15) is 11.8 Å². The molecular formula is C18H32N2S. The zero-order chi connectivity index (χ0) is 16.0. The summed E-state index contributed by atoms with van der Waals surface area (Å²) < 4.78 is 0. The summed E-state index contributed by atoms with van der Waals surface area (Å²) in [4.78, 5) is 2.45. The lowest BCUT2D eigenvalue weighted by Gasteiger charge is -2.32. The van der Waals surface area contributed by atoms with Gasteiger partial charge in [0.15, 0.2) is 0 Å². The number of nitrogens with zero attached hydrogens (tertiary/aromatic N) is 1. The monoisotopic (exact) mass is 308 g/mol. The Morgan fingerprint density at radius 2 is 1.95 bits per heavy atom. The van der Waals surface area contributed by atoms with Crippen LogP contribution in [-0.2, 0) is 6.54 Å². The van der Waals surface area contributed by atoms with Gasteiger partial charge in [-0.05, 0) is 52.0 Å². The minimum Gasteiger partial charge on any atom is -0.371 e. The molecule has 1 aromatic carbocycles. The fraction of sp³-hybridized carbons (Fsp3) is 0.667. The van der Waals surface area contributed by atoms with Gasteiger partial charge in [-0.1, -0.05) is 24.6 Å². The van der Waals surface area contributed by atoms with Crippen molar-refractivity contribution < 1.29 is 0 Å². The second-order valence-corrected chi connectivity index (χ2v) is 7.77. The average molecular weight is 309 g/mol. The topological polar surface area (TPSA) is 15.3 Å². The highest BCUT2D eigenvalue weighted by molar-refractivity contribution is 7.98. The van der Waals surface area contributed by atoms with Crippen LogP contribution in [-0.4, -0.2) is 30.6 Å². The van der Waals surface area contributed by atoms with Crippen molar-refractivity contribution in [2.75, 3.05) is 24.0 Å². The molecule has 0 aliphatic rings. The molecular weight excluding hydrogens is 276 g/mol. The molecule has 1 aromatic rings. The van der Waals surface area contributed by atoms with Crippen LogP contribution in [0.2, 0.25) is 0 Å². The van der Waals surface area contributed by atoms with E-state index < -0.39 is 0 Å². The summed E-state index contributed by atoms with van der Waals surface area (Å²) in [5, 5.41) is 3.62.